The zero-order valence-corrected chi connectivity index (χ0v) is 13.3. The summed E-state index contributed by atoms with van der Waals surface area (Å²) >= 11 is 0. The third kappa shape index (κ3) is 1.91. The number of aromatic nitrogens is 2. The quantitative estimate of drug-likeness (QED) is 0.518. The van der Waals surface area contributed by atoms with E-state index in [1.807, 2.05) is 35.7 Å². The molecule has 0 spiro atoms. The second-order valence-corrected chi connectivity index (χ2v) is 5.62. The number of imidazole rings is 1. The molecular formula is C19H15FN2O2. The number of aryl methyl sites for hydroxylation is 1. The van der Waals surface area contributed by atoms with E-state index in [0.717, 1.165) is 11.1 Å². The third-order valence-electron chi connectivity index (χ3n) is 4.26. The number of carbonyl (C=O) groups excluding carboxylic acids is 1. The van der Waals surface area contributed by atoms with Gasteiger partial charge < -0.3 is 4.74 Å². The minimum absolute atomic E-state index is 0.264. The zero-order valence-electron chi connectivity index (χ0n) is 13.3. The van der Waals surface area contributed by atoms with E-state index in [4.69, 9.17) is 4.74 Å². The molecule has 0 amide bonds. The molecule has 0 unspecified atom stereocenters. The first-order valence-electron chi connectivity index (χ1n) is 7.78. The number of halogens is 1. The highest BCUT2D eigenvalue weighted by Crippen LogP contribution is 2.34. The summed E-state index contributed by atoms with van der Waals surface area (Å²) in [6.07, 6.45) is 1.86. The topological polar surface area (TPSA) is 43.6 Å². The summed E-state index contributed by atoms with van der Waals surface area (Å²) in [6, 6.07) is 10.3. The zero-order chi connectivity index (χ0) is 16.8. The van der Waals surface area contributed by atoms with Crippen molar-refractivity contribution in [2.24, 2.45) is 0 Å². The number of benzene rings is 2. The maximum atomic E-state index is 14.6. The smallest absolute Gasteiger partial charge is 0.339 e. The lowest BCUT2D eigenvalue weighted by atomic mass is 9.97. The van der Waals surface area contributed by atoms with Gasteiger partial charge in [-0.1, -0.05) is 18.2 Å². The van der Waals surface area contributed by atoms with Crippen LogP contribution < -0.4 is 0 Å². The molecule has 4 aromatic rings. The van der Waals surface area contributed by atoms with E-state index in [2.05, 4.69) is 4.98 Å². The molecule has 2 aromatic carbocycles. The monoisotopic (exact) mass is 322 g/mol. The first-order chi connectivity index (χ1) is 11.6. The van der Waals surface area contributed by atoms with E-state index < -0.39 is 11.8 Å². The van der Waals surface area contributed by atoms with Crippen molar-refractivity contribution in [3.63, 3.8) is 0 Å². The molecule has 2 aromatic heterocycles. The fourth-order valence-corrected chi connectivity index (χ4v) is 3.29. The van der Waals surface area contributed by atoms with E-state index in [-0.39, 0.29) is 6.61 Å². The second kappa shape index (κ2) is 5.30. The van der Waals surface area contributed by atoms with Crippen molar-refractivity contribution in [2.75, 3.05) is 6.61 Å². The van der Waals surface area contributed by atoms with Gasteiger partial charge in [0, 0.05) is 17.0 Å². The SMILES string of the molecule is CCOC(=O)c1c(C)c2c(nc3ccccn32)c2c(F)cccc12. The fourth-order valence-electron chi connectivity index (χ4n) is 3.29. The van der Waals surface area contributed by atoms with Crippen molar-refractivity contribution in [1.29, 1.82) is 0 Å². The molecule has 0 saturated heterocycles. The summed E-state index contributed by atoms with van der Waals surface area (Å²) in [5.74, 6) is -0.843. The number of nitrogens with zero attached hydrogens (tertiary/aromatic N) is 2. The van der Waals surface area contributed by atoms with Crippen LogP contribution in [0.5, 0.6) is 0 Å². The summed E-state index contributed by atoms with van der Waals surface area (Å²) in [5.41, 5.74) is 3.12. The second-order valence-electron chi connectivity index (χ2n) is 5.62. The summed E-state index contributed by atoms with van der Waals surface area (Å²) in [4.78, 5) is 17.1. The number of rotatable bonds is 2. The Hall–Kier alpha value is -2.95. The van der Waals surface area contributed by atoms with Gasteiger partial charge in [0.05, 0.1) is 17.7 Å². The summed E-state index contributed by atoms with van der Waals surface area (Å²) in [5, 5.41) is 0.881. The Morgan fingerprint density at radius 3 is 2.88 bits per heavy atom. The van der Waals surface area contributed by atoms with Crippen LogP contribution in [-0.4, -0.2) is 22.0 Å². The molecule has 0 aliphatic heterocycles. The first kappa shape index (κ1) is 14.6. The first-order valence-corrected chi connectivity index (χ1v) is 7.78. The number of carbonyl (C=O) groups is 1. The Balaban J connectivity index is 2.29. The molecule has 4 rings (SSSR count). The lowest BCUT2D eigenvalue weighted by Crippen LogP contribution is -2.09. The molecule has 0 saturated carbocycles. The highest BCUT2D eigenvalue weighted by atomic mass is 19.1. The van der Waals surface area contributed by atoms with Gasteiger partial charge in [-0.2, -0.15) is 0 Å². The Labute approximate surface area is 137 Å². The summed E-state index contributed by atoms with van der Waals surface area (Å²) in [6.45, 7) is 3.86. The van der Waals surface area contributed by atoms with Gasteiger partial charge in [0.2, 0.25) is 0 Å². The molecule has 4 nitrogen and oxygen atoms in total. The normalized spacial score (nSPS) is 11.5. The Kier molecular flexibility index (Phi) is 3.23. The lowest BCUT2D eigenvalue weighted by Gasteiger charge is -2.12. The molecule has 0 N–H and O–H groups in total. The van der Waals surface area contributed by atoms with Gasteiger partial charge >= 0.3 is 5.97 Å². The number of fused-ring (bicyclic) bond motifs is 5. The lowest BCUT2D eigenvalue weighted by molar-refractivity contribution is 0.0528. The average molecular weight is 322 g/mol. The van der Waals surface area contributed by atoms with E-state index >= 15 is 0 Å². The fraction of sp³-hybridized carbons (Fsp3) is 0.158. The molecule has 0 bridgehead atoms. The van der Waals surface area contributed by atoms with Gasteiger partial charge in [0.1, 0.15) is 17.0 Å². The standard InChI is InChI=1S/C19H15FN2O2/c1-3-24-19(23)15-11(2)18-17(16-12(15)7-6-8-13(16)20)21-14-9-4-5-10-22(14)18/h4-10H,3H2,1-2H3. The minimum Gasteiger partial charge on any atom is -0.462 e. The summed E-state index contributed by atoms with van der Waals surface area (Å²) in [7, 11) is 0. The van der Waals surface area contributed by atoms with Crippen LogP contribution in [0.1, 0.15) is 22.8 Å². The number of esters is 1. The van der Waals surface area contributed by atoms with Crippen molar-refractivity contribution in [3.8, 4) is 0 Å². The van der Waals surface area contributed by atoms with Crippen LogP contribution in [-0.2, 0) is 4.74 Å². The van der Waals surface area contributed by atoms with Gasteiger partial charge in [-0.05, 0) is 37.6 Å². The van der Waals surface area contributed by atoms with E-state index in [1.54, 1.807) is 19.1 Å². The average Bonchev–Trinajstić information content (AvgIpc) is 2.94. The van der Waals surface area contributed by atoms with Gasteiger partial charge in [0.25, 0.3) is 0 Å². The van der Waals surface area contributed by atoms with Crippen LogP contribution in [0.15, 0.2) is 42.6 Å². The highest BCUT2D eigenvalue weighted by Gasteiger charge is 2.23. The third-order valence-corrected chi connectivity index (χ3v) is 4.26. The molecule has 120 valence electrons. The number of pyridine rings is 1. The maximum absolute atomic E-state index is 14.6. The largest absolute Gasteiger partial charge is 0.462 e. The Morgan fingerprint density at radius 2 is 2.08 bits per heavy atom. The molecule has 24 heavy (non-hydrogen) atoms. The minimum atomic E-state index is -0.446. The molecule has 0 radical (unpaired) electrons. The van der Waals surface area contributed by atoms with Gasteiger partial charge in [-0.15, -0.1) is 0 Å². The highest BCUT2D eigenvalue weighted by molar-refractivity contribution is 6.17. The van der Waals surface area contributed by atoms with Gasteiger partial charge in [-0.3, -0.25) is 4.40 Å². The van der Waals surface area contributed by atoms with Crippen LogP contribution in [0.4, 0.5) is 4.39 Å². The predicted octanol–water partition coefficient (Wildman–Crippen LogP) is 4.26. The number of ether oxygens (including phenoxy) is 1. The molecule has 5 heteroatoms. The van der Waals surface area contributed by atoms with Crippen molar-refractivity contribution in [2.45, 2.75) is 13.8 Å². The molecule has 0 atom stereocenters. The van der Waals surface area contributed by atoms with Crippen LogP contribution >= 0.6 is 0 Å². The van der Waals surface area contributed by atoms with E-state index in [0.29, 0.717) is 27.5 Å². The molecule has 0 aliphatic rings. The Morgan fingerprint density at radius 1 is 1.25 bits per heavy atom. The van der Waals surface area contributed by atoms with Crippen molar-refractivity contribution in [1.82, 2.24) is 9.38 Å². The van der Waals surface area contributed by atoms with Crippen molar-refractivity contribution >= 4 is 33.4 Å². The van der Waals surface area contributed by atoms with E-state index in [1.165, 1.54) is 6.07 Å². The number of hydrogen-bond donors (Lipinski definition) is 0. The van der Waals surface area contributed by atoms with Crippen LogP contribution in [0, 0.1) is 12.7 Å². The molecular weight excluding hydrogens is 307 g/mol. The maximum Gasteiger partial charge on any atom is 0.339 e. The van der Waals surface area contributed by atoms with Crippen LogP contribution in [0.3, 0.4) is 0 Å². The number of hydrogen-bond acceptors (Lipinski definition) is 3. The van der Waals surface area contributed by atoms with Crippen molar-refractivity contribution < 1.29 is 13.9 Å². The van der Waals surface area contributed by atoms with Crippen LogP contribution in [0.25, 0.3) is 27.5 Å². The van der Waals surface area contributed by atoms with Gasteiger partial charge in [0.15, 0.2) is 0 Å². The van der Waals surface area contributed by atoms with Gasteiger partial charge in [-0.25, -0.2) is 14.2 Å². The van der Waals surface area contributed by atoms with E-state index in [9.17, 15) is 9.18 Å². The van der Waals surface area contributed by atoms with Crippen molar-refractivity contribution in [3.05, 3.63) is 59.5 Å². The molecule has 0 fully saturated rings. The van der Waals surface area contributed by atoms with Crippen LogP contribution in [0.2, 0.25) is 0 Å². The molecule has 0 aliphatic carbocycles. The Bertz CT molecular complexity index is 1110. The summed E-state index contributed by atoms with van der Waals surface area (Å²) < 4.78 is 21.7. The molecule has 2 heterocycles. The predicted molar refractivity (Wildman–Crippen MR) is 90.9 cm³/mol.